The van der Waals surface area contributed by atoms with E-state index in [4.69, 9.17) is 14.6 Å². The molecule has 0 aliphatic rings. The lowest BCUT2D eigenvalue weighted by Gasteiger charge is -2.06. The van der Waals surface area contributed by atoms with Gasteiger partial charge in [0.1, 0.15) is 5.01 Å². The van der Waals surface area contributed by atoms with Gasteiger partial charge in [0.25, 0.3) is 0 Å². The van der Waals surface area contributed by atoms with E-state index in [9.17, 15) is 18.0 Å². The van der Waals surface area contributed by atoms with Gasteiger partial charge in [-0.1, -0.05) is 31.1 Å². The van der Waals surface area contributed by atoms with Gasteiger partial charge in [-0.05, 0) is 67.5 Å². The predicted octanol–water partition coefficient (Wildman–Crippen LogP) is 7.20. The van der Waals surface area contributed by atoms with Crippen LogP contribution >= 0.6 is 11.3 Å². The van der Waals surface area contributed by atoms with Gasteiger partial charge in [-0.25, -0.2) is 4.98 Å². The Morgan fingerprint density at radius 1 is 1.11 bits per heavy atom. The number of aryl methyl sites for hydroxylation is 4. The molecule has 2 aromatic heterocycles. The Labute approximate surface area is 204 Å². The second-order valence-corrected chi connectivity index (χ2v) is 9.94. The topological polar surface area (TPSA) is 76.2 Å². The SMILES string of the molecule is Cc1cc2c(CCc3sc(-c4ccc(C(F)(F)F)cc4)nc3C(C)C)noc2cc1CCC(=O)O. The first kappa shape index (κ1) is 24.9. The highest BCUT2D eigenvalue weighted by Gasteiger charge is 2.30. The molecule has 35 heavy (non-hydrogen) atoms. The second-order valence-electron chi connectivity index (χ2n) is 8.86. The van der Waals surface area contributed by atoms with Crippen molar-refractivity contribution in [3.8, 4) is 10.6 Å². The summed E-state index contributed by atoms with van der Waals surface area (Å²) in [5, 5.41) is 14.8. The van der Waals surface area contributed by atoms with E-state index in [0.717, 1.165) is 44.9 Å². The molecule has 0 saturated heterocycles. The van der Waals surface area contributed by atoms with Crippen molar-refractivity contribution in [2.75, 3.05) is 0 Å². The quantitative estimate of drug-likeness (QED) is 0.276. The highest BCUT2D eigenvalue weighted by Crippen LogP contribution is 2.35. The lowest BCUT2D eigenvalue weighted by atomic mass is 10.00. The number of hydrogen-bond donors (Lipinski definition) is 1. The number of carbonyl (C=O) groups is 1. The minimum Gasteiger partial charge on any atom is -0.481 e. The lowest BCUT2D eigenvalue weighted by molar-refractivity contribution is -0.138. The van der Waals surface area contributed by atoms with E-state index >= 15 is 0 Å². The fourth-order valence-electron chi connectivity index (χ4n) is 4.03. The number of fused-ring (bicyclic) bond motifs is 1. The molecule has 0 amide bonds. The first-order valence-electron chi connectivity index (χ1n) is 11.3. The molecular formula is C26H25F3N2O3S. The number of halogens is 3. The molecule has 0 aliphatic heterocycles. The second kappa shape index (κ2) is 9.81. The zero-order valence-corrected chi connectivity index (χ0v) is 20.4. The number of aliphatic carboxylic acids is 1. The Morgan fingerprint density at radius 2 is 1.83 bits per heavy atom. The summed E-state index contributed by atoms with van der Waals surface area (Å²) in [4.78, 5) is 16.7. The highest BCUT2D eigenvalue weighted by atomic mass is 32.1. The number of nitrogens with zero attached hydrogens (tertiary/aromatic N) is 2. The molecule has 0 bridgehead atoms. The van der Waals surface area contributed by atoms with Crippen molar-refractivity contribution < 1.29 is 27.6 Å². The number of rotatable bonds is 8. The van der Waals surface area contributed by atoms with Gasteiger partial charge in [0.2, 0.25) is 0 Å². The Bertz CT molecular complexity index is 1350. The summed E-state index contributed by atoms with van der Waals surface area (Å²) in [6, 6.07) is 8.94. The van der Waals surface area contributed by atoms with Gasteiger partial charge in [-0.3, -0.25) is 4.79 Å². The summed E-state index contributed by atoms with van der Waals surface area (Å²) >= 11 is 1.49. The number of carboxylic acids is 1. The van der Waals surface area contributed by atoms with E-state index in [1.165, 1.54) is 23.5 Å². The summed E-state index contributed by atoms with van der Waals surface area (Å²) in [5.74, 6) is -0.679. The normalized spacial score (nSPS) is 12.1. The third kappa shape index (κ3) is 5.56. The third-order valence-electron chi connectivity index (χ3n) is 5.93. The Morgan fingerprint density at radius 3 is 2.46 bits per heavy atom. The molecule has 0 fully saturated rings. The maximum absolute atomic E-state index is 12.9. The van der Waals surface area contributed by atoms with E-state index in [0.29, 0.717) is 35.4 Å². The maximum atomic E-state index is 12.9. The van der Waals surface area contributed by atoms with Crippen LogP contribution in [-0.2, 0) is 30.2 Å². The molecule has 4 rings (SSSR count). The van der Waals surface area contributed by atoms with Crippen molar-refractivity contribution in [1.29, 1.82) is 0 Å². The van der Waals surface area contributed by atoms with E-state index in [1.54, 1.807) is 0 Å². The van der Waals surface area contributed by atoms with Gasteiger partial charge in [0.15, 0.2) is 5.58 Å². The van der Waals surface area contributed by atoms with Crippen molar-refractivity contribution in [3.63, 3.8) is 0 Å². The molecule has 5 nitrogen and oxygen atoms in total. The molecule has 4 aromatic rings. The van der Waals surface area contributed by atoms with Gasteiger partial charge in [0.05, 0.1) is 17.0 Å². The molecule has 2 heterocycles. The van der Waals surface area contributed by atoms with Crippen LogP contribution in [0.5, 0.6) is 0 Å². The van der Waals surface area contributed by atoms with Crippen LogP contribution in [0.4, 0.5) is 13.2 Å². The first-order valence-corrected chi connectivity index (χ1v) is 12.1. The molecule has 0 atom stereocenters. The van der Waals surface area contributed by atoms with E-state index in [1.807, 2.05) is 32.9 Å². The van der Waals surface area contributed by atoms with Crippen molar-refractivity contribution in [1.82, 2.24) is 10.1 Å². The Hall–Kier alpha value is -3.20. The van der Waals surface area contributed by atoms with Crippen LogP contribution in [0.15, 0.2) is 40.9 Å². The Kier molecular flexibility index (Phi) is 6.98. The molecule has 0 aliphatic carbocycles. The monoisotopic (exact) mass is 502 g/mol. The number of thiazole rings is 1. The lowest BCUT2D eigenvalue weighted by Crippen LogP contribution is -2.03. The number of carboxylic acid groups (broad SMARTS) is 1. The summed E-state index contributed by atoms with van der Waals surface area (Å²) in [5.41, 5.74) is 4.28. The zero-order chi connectivity index (χ0) is 25.3. The van der Waals surface area contributed by atoms with Crippen LogP contribution in [0.25, 0.3) is 21.5 Å². The van der Waals surface area contributed by atoms with Gasteiger partial charge in [-0.15, -0.1) is 11.3 Å². The van der Waals surface area contributed by atoms with Crippen molar-refractivity contribution in [2.45, 2.75) is 58.5 Å². The van der Waals surface area contributed by atoms with Crippen LogP contribution in [0.3, 0.4) is 0 Å². The van der Waals surface area contributed by atoms with Crippen LogP contribution in [0.2, 0.25) is 0 Å². The van der Waals surface area contributed by atoms with E-state index in [-0.39, 0.29) is 12.3 Å². The van der Waals surface area contributed by atoms with Crippen molar-refractivity contribution in [3.05, 3.63) is 69.4 Å². The van der Waals surface area contributed by atoms with Crippen LogP contribution in [0, 0.1) is 6.92 Å². The molecule has 9 heteroatoms. The van der Waals surface area contributed by atoms with Crippen molar-refractivity contribution >= 4 is 28.3 Å². The first-order chi connectivity index (χ1) is 16.5. The van der Waals surface area contributed by atoms with Gasteiger partial charge < -0.3 is 9.63 Å². The summed E-state index contributed by atoms with van der Waals surface area (Å²) in [6.07, 6.45) is -2.59. The number of alkyl halides is 3. The highest BCUT2D eigenvalue weighted by molar-refractivity contribution is 7.15. The summed E-state index contributed by atoms with van der Waals surface area (Å²) in [6.45, 7) is 6.04. The average Bonchev–Trinajstić information content (AvgIpc) is 3.39. The minimum atomic E-state index is -4.37. The van der Waals surface area contributed by atoms with E-state index < -0.39 is 17.7 Å². The maximum Gasteiger partial charge on any atom is 0.416 e. The molecule has 0 spiro atoms. The fourth-order valence-corrected chi connectivity index (χ4v) is 5.25. The Balaban J connectivity index is 1.56. The molecule has 184 valence electrons. The van der Waals surface area contributed by atoms with Gasteiger partial charge in [0, 0.05) is 22.2 Å². The predicted molar refractivity (Wildman–Crippen MR) is 129 cm³/mol. The summed E-state index contributed by atoms with van der Waals surface area (Å²) < 4.78 is 44.3. The zero-order valence-electron chi connectivity index (χ0n) is 19.6. The number of aromatic nitrogens is 2. The number of hydrogen-bond acceptors (Lipinski definition) is 5. The molecule has 1 N–H and O–H groups in total. The van der Waals surface area contributed by atoms with Gasteiger partial charge >= 0.3 is 12.1 Å². The van der Waals surface area contributed by atoms with Crippen molar-refractivity contribution in [2.24, 2.45) is 0 Å². The fraction of sp³-hybridized carbons (Fsp3) is 0.346. The smallest absolute Gasteiger partial charge is 0.416 e. The molecule has 0 unspecified atom stereocenters. The van der Waals surface area contributed by atoms with Crippen LogP contribution < -0.4 is 0 Å². The number of benzene rings is 2. The largest absolute Gasteiger partial charge is 0.481 e. The third-order valence-corrected chi connectivity index (χ3v) is 7.11. The molecule has 2 aromatic carbocycles. The minimum absolute atomic E-state index is 0.0535. The summed E-state index contributed by atoms with van der Waals surface area (Å²) in [7, 11) is 0. The molecule has 0 radical (unpaired) electrons. The van der Waals surface area contributed by atoms with Gasteiger partial charge in [-0.2, -0.15) is 13.2 Å². The van der Waals surface area contributed by atoms with E-state index in [2.05, 4.69) is 5.16 Å². The van der Waals surface area contributed by atoms with Crippen LogP contribution in [0.1, 0.15) is 59.1 Å². The van der Waals surface area contributed by atoms with Crippen LogP contribution in [-0.4, -0.2) is 21.2 Å². The molecule has 0 saturated carbocycles. The standard InChI is InChI=1S/C26H25F3N2O3S/c1-14(2)24-22(35-25(30-24)16-4-7-18(8-5-16)26(27,28)29)10-9-20-19-12-15(3)17(6-11-23(32)33)13-21(19)34-31-20/h4-5,7-8,12-14H,6,9-11H2,1-3H3,(H,32,33). The average molecular weight is 503 g/mol. The molecular weight excluding hydrogens is 477 g/mol.